The van der Waals surface area contributed by atoms with Crippen molar-refractivity contribution < 1.29 is 23.4 Å². The van der Waals surface area contributed by atoms with E-state index < -0.39 is 29.3 Å². The summed E-state index contributed by atoms with van der Waals surface area (Å²) in [5, 5.41) is 10.5. The molecule has 5 rings (SSSR count). The average molecular weight is 606 g/mol. The topological polar surface area (TPSA) is 65.9 Å². The molecule has 2 aliphatic heterocycles. The van der Waals surface area contributed by atoms with E-state index in [9.17, 15) is 18.7 Å². The zero-order chi connectivity index (χ0) is 32.0. The molecule has 44 heavy (non-hydrogen) atoms. The molecule has 0 amide bonds. The van der Waals surface area contributed by atoms with E-state index >= 15 is 0 Å². The number of rotatable bonds is 7. The normalized spacial score (nSPS) is 17.8. The number of fused-ring (bicyclic) bond motifs is 1. The van der Waals surface area contributed by atoms with Gasteiger partial charge in [-0.2, -0.15) is 0 Å². The smallest absolute Gasteiger partial charge is 0.337 e. The van der Waals surface area contributed by atoms with E-state index in [-0.39, 0.29) is 5.41 Å². The van der Waals surface area contributed by atoms with Crippen molar-refractivity contribution in [3.8, 4) is 11.1 Å². The fourth-order valence-corrected chi connectivity index (χ4v) is 6.57. The van der Waals surface area contributed by atoms with E-state index in [0.717, 1.165) is 73.0 Å². The number of aromatic nitrogens is 1. The first kappa shape index (κ1) is 32.0. The maximum absolute atomic E-state index is 14.4. The fraction of sp³-hybridized carbons (Fsp3) is 0.500. The number of aryl methyl sites for hydroxylation is 2. The summed E-state index contributed by atoms with van der Waals surface area (Å²) in [4.78, 5) is 22.2. The Kier molecular flexibility index (Phi) is 8.89. The largest absolute Gasteiger partial charge is 0.479 e. The quantitative estimate of drug-likeness (QED) is 0.297. The highest BCUT2D eigenvalue weighted by molar-refractivity contribution is 5.88. The van der Waals surface area contributed by atoms with Crippen molar-refractivity contribution in [2.24, 2.45) is 5.41 Å². The molecular formula is C36H45F2N3O3. The summed E-state index contributed by atoms with van der Waals surface area (Å²) >= 11 is 0. The molecule has 0 radical (unpaired) electrons. The number of ether oxygens (including phenoxy) is 1. The summed E-state index contributed by atoms with van der Waals surface area (Å²) in [7, 11) is 0. The summed E-state index contributed by atoms with van der Waals surface area (Å²) in [6, 6.07) is 10.7. The standard InChI is InChI=1S/C36H45F2N3O3/c1-22-29(25-11-12-26-20-40(16-13-24(26)19-25)21-27-9-8-10-28(37)31(27)38)32(41-17-14-36(6,7)15-18-41)30(23(2)39-22)33(34(42)43)44-35(3,4)5/h8-12,19,33H,13-18,20-21H2,1-7H3,(H,42,43). The van der Waals surface area contributed by atoms with Crippen molar-refractivity contribution in [2.45, 2.75) is 92.5 Å². The first-order chi connectivity index (χ1) is 20.6. The van der Waals surface area contributed by atoms with Crippen LogP contribution in [0.5, 0.6) is 0 Å². The SMILES string of the molecule is Cc1nc(C)c(C(OC(C)(C)C)C(=O)O)c(N2CCC(C)(C)CC2)c1-c1ccc2c(c1)CCN(Cc1cccc(F)c1F)C2. The number of halogens is 2. The van der Waals surface area contributed by atoms with Gasteiger partial charge in [0, 0.05) is 60.8 Å². The predicted octanol–water partition coefficient (Wildman–Crippen LogP) is 7.77. The number of carbonyl (C=O) groups is 1. The minimum Gasteiger partial charge on any atom is -0.479 e. The second-order valence-electron chi connectivity index (χ2n) is 14.2. The molecule has 1 saturated heterocycles. The molecular weight excluding hydrogens is 560 g/mol. The monoisotopic (exact) mass is 605 g/mol. The van der Waals surface area contributed by atoms with Crippen LogP contribution in [0.4, 0.5) is 14.5 Å². The van der Waals surface area contributed by atoms with E-state index in [2.05, 4.69) is 41.8 Å². The molecule has 1 N–H and O–H groups in total. The zero-order valence-electron chi connectivity index (χ0n) is 27.1. The van der Waals surface area contributed by atoms with E-state index in [1.807, 2.05) is 34.6 Å². The molecule has 2 aliphatic rings. The lowest BCUT2D eigenvalue weighted by Crippen LogP contribution is -2.39. The third kappa shape index (κ3) is 6.81. The van der Waals surface area contributed by atoms with Gasteiger partial charge in [-0.15, -0.1) is 0 Å². The number of pyridine rings is 1. The van der Waals surface area contributed by atoms with Gasteiger partial charge in [0.15, 0.2) is 17.7 Å². The molecule has 1 fully saturated rings. The lowest BCUT2D eigenvalue weighted by molar-refractivity contribution is -0.160. The minimum atomic E-state index is -1.17. The Balaban J connectivity index is 1.57. The molecule has 2 aromatic carbocycles. The number of benzene rings is 2. The number of carboxylic acid groups (broad SMARTS) is 1. The van der Waals surface area contributed by atoms with Gasteiger partial charge < -0.3 is 14.7 Å². The Morgan fingerprint density at radius 2 is 1.75 bits per heavy atom. The van der Waals surface area contributed by atoms with Crippen molar-refractivity contribution in [1.29, 1.82) is 0 Å². The number of anilines is 1. The third-order valence-corrected chi connectivity index (χ3v) is 8.98. The van der Waals surface area contributed by atoms with Gasteiger partial charge in [0.2, 0.25) is 0 Å². The summed E-state index contributed by atoms with van der Waals surface area (Å²) in [6.07, 6.45) is 1.59. The maximum atomic E-state index is 14.4. The Morgan fingerprint density at radius 3 is 2.41 bits per heavy atom. The van der Waals surface area contributed by atoms with Crippen LogP contribution in [0.25, 0.3) is 11.1 Å². The Labute approximate surface area is 260 Å². The summed E-state index contributed by atoms with van der Waals surface area (Å²) in [6.45, 7) is 17.4. The second-order valence-corrected chi connectivity index (χ2v) is 14.2. The van der Waals surface area contributed by atoms with Crippen LogP contribution in [0.1, 0.15) is 87.2 Å². The molecule has 1 unspecified atom stereocenters. The van der Waals surface area contributed by atoms with Gasteiger partial charge >= 0.3 is 5.97 Å². The van der Waals surface area contributed by atoms with E-state index in [1.54, 1.807) is 12.1 Å². The van der Waals surface area contributed by atoms with E-state index in [0.29, 0.717) is 29.9 Å². The third-order valence-electron chi connectivity index (χ3n) is 8.98. The Morgan fingerprint density at radius 1 is 1.05 bits per heavy atom. The molecule has 0 aliphatic carbocycles. The highest BCUT2D eigenvalue weighted by atomic mass is 19.2. The lowest BCUT2D eigenvalue weighted by atomic mass is 9.81. The van der Waals surface area contributed by atoms with Crippen molar-refractivity contribution in [1.82, 2.24) is 9.88 Å². The van der Waals surface area contributed by atoms with Crippen LogP contribution in [0.2, 0.25) is 0 Å². The highest BCUT2D eigenvalue weighted by Gasteiger charge is 2.36. The number of nitrogens with zero attached hydrogens (tertiary/aromatic N) is 3. The van der Waals surface area contributed by atoms with Crippen LogP contribution in [0.15, 0.2) is 36.4 Å². The molecule has 3 heterocycles. The maximum Gasteiger partial charge on any atom is 0.337 e. The summed E-state index contributed by atoms with van der Waals surface area (Å²) in [5.41, 5.74) is 7.24. The van der Waals surface area contributed by atoms with Gasteiger partial charge in [0.25, 0.3) is 0 Å². The number of aliphatic carboxylic acids is 1. The summed E-state index contributed by atoms with van der Waals surface area (Å²) < 4.78 is 34.4. The van der Waals surface area contributed by atoms with Gasteiger partial charge in [0.05, 0.1) is 11.3 Å². The van der Waals surface area contributed by atoms with Crippen molar-refractivity contribution >= 4 is 11.7 Å². The second kappa shape index (κ2) is 12.2. The average Bonchev–Trinajstić information content (AvgIpc) is 2.93. The van der Waals surface area contributed by atoms with E-state index in [1.165, 1.54) is 5.56 Å². The molecule has 0 spiro atoms. The van der Waals surface area contributed by atoms with Crippen LogP contribution in [-0.4, -0.2) is 46.2 Å². The number of hydrogen-bond acceptors (Lipinski definition) is 5. The number of hydrogen-bond donors (Lipinski definition) is 1. The van der Waals surface area contributed by atoms with E-state index in [4.69, 9.17) is 9.72 Å². The van der Waals surface area contributed by atoms with Gasteiger partial charge in [-0.1, -0.05) is 44.2 Å². The lowest BCUT2D eigenvalue weighted by Gasteiger charge is -2.41. The van der Waals surface area contributed by atoms with Crippen molar-refractivity contribution in [3.05, 3.63) is 81.7 Å². The number of piperidine rings is 1. The Hall–Kier alpha value is -3.36. The predicted molar refractivity (Wildman–Crippen MR) is 170 cm³/mol. The molecule has 0 bridgehead atoms. The van der Waals surface area contributed by atoms with Crippen LogP contribution in [0, 0.1) is 30.9 Å². The Bertz CT molecular complexity index is 1550. The van der Waals surface area contributed by atoms with Gasteiger partial charge in [-0.05, 0) is 82.1 Å². The molecule has 1 aromatic heterocycles. The van der Waals surface area contributed by atoms with Gasteiger partial charge in [0.1, 0.15) is 0 Å². The molecule has 3 aromatic rings. The minimum absolute atomic E-state index is 0.216. The van der Waals surface area contributed by atoms with Crippen LogP contribution in [0.3, 0.4) is 0 Å². The van der Waals surface area contributed by atoms with Crippen molar-refractivity contribution in [3.63, 3.8) is 0 Å². The zero-order valence-corrected chi connectivity index (χ0v) is 27.1. The van der Waals surface area contributed by atoms with Gasteiger partial charge in [-0.3, -0.25) is 9.88 Å². The molecule has 1 atom stereocenters. The molecule has 6 nitrogen and oxygen atoms in total. The van der Waals surface area contributed by atoms with Crippen LogP contribution >= 0.6 is 0 Å². The summed E-state index contributed by atoms with van der Waals surface area (Å²) in [5.74, 6) is -2.63. The molecule has 0 saturated carbocycles. The first-order valence-electron chi connectivity index (χ1n) is 15.6. The highest BCUT2D eigenvalue weighted by Crippen LogP contribution is 2.45. The fourth-order valence-electron chi connectivity index (χ4n) is 6.57. The first-order valence-corrected chi connectivity index (χ1v) is 15.6. The molecule has 236 valence electrons. The number of carboxylic acids is 1. The van der Waals surface area contributed by atoms with Crippen molar-refractivity contribution in [2.75, 3.05) is 24.5 Å². The van der Waals surface area contributed by atoms with Gasteiger partial charge in [-0.25, -0.2) is 13.6 Å². The van der Waals surface area contributed by atoms with Crippen LogP contribution in [-0.2, 0) is 29.0 Å². The van der Waals surface area contributed by atoms with Crippen LogP contribution < -0.4 is 4.90 Å². The molecule has 8 heteroatoms.